The van der Waals surface area contributed by atoms with Crippen LogP contribution < -0.4 is 4.74 Å². The maximum absolute atomic E-state index is 12.1. The summed E-state index contributed by atoms with van der Waals surface area (Å²) in [6.45, 7) is 11.2. The van der Waals surface area contributed by atoms with Gasteiger partial charge < -0.3 is 14.9 Å². The lowest BCUT2D eigenvalue weighted by Crippen LogP contribution is -2.49. The Morgan fingerprint density at radius 3 is 2.29 bits per heavy atom. The van der Waals surface area contributed by atoms with Gasteiger partial charge in [-0.2, -0.15) is 0 Å². The maximum atomic E-state index is 12.1. The van der Waals surface area contributed by atoms with Crippen molar-refractivity contribution in [2.24, 2.45) is 23.2 Å². The largest absolute Gasteiger partial charge is 0.507 e. The van der Waals surface area contributed by atoms with Gasteiger partial charge in [-0.05, 0) is 61.8 Å². The maximum Gasteiger partial charge on any atom is 0.157 e. The molecule has 0 unspecified atom stereocenters. The molecule has 0 spiro atoms. The molecule has 5 nitrogen and oxygen atoms in total. The highest BCUT2D eigenvalue weighted by Crippen LogP contribution is 2.62. The highest BCUT2D eigenvalue weighted by Gasteiger charge is 2.54. The molecule has 0 bridgehead atoms. The summed E-state index contributed by atoms with van der Waals surface area (Å²) in [4.78, 5) is 24.0. The van der Waals surface area contributed by atoms with E-state index in [9.17, 15) is 19.8 Å². The van der Waals surface area contributed by atoms with Crippen molar-refractivity contribution in [2.75, 3.05) is 0 Å². The van der Waals surface area contributed by atoms with Crippen LogP contribution in [0.4, 0.5) is 0 Å². The van der Waals surface area contributed by atoms with Crippen LogP contribution in [-0.4, -0.2) is 28.4 Å². The molecule has 0 amide bonds. The Morgan fingerprint density at radius 1 is 0.971 bits per heavy atom. The molecule has 2 saturated carbocycles. The van der Waals surface area contributed by atoms with Crippen molar-refractivity contribution in [1.82, 2.24) is 0 Å². The Kier molecular flexibility index (Phi) is 5.58. The SMILES string of the molecule is C=C1CC[C@@H]2[C@@H](c3ccccc3)c3c(O)c(C=O)c(O)c(C=O)c3O[C@@]2(C)CC[C@@H]2[C@@H]1CC2(C)C. The molecule has 0 saturated heterocycles. The number of allylic oxidation sites excluding steroid dienone is 1. The molecule has 35 heavy (non-hydrogen) atoms. The predicted molar refractivity (Wildman–Crippen MR) is 134 cm³/mol. The molecular weight excluding hydrogens is 440 g/mol. The van der Waals surface area contributed by atoms with Crippen LogP contribution in [0.25, 0.3) is 0 Å². The first kappa shape index (κ1) is 23.7. The number of aldehydes is 2. The molecule has 0 aromatic heterocycles. The van der Waals surface area contributed by atoms with Gasteiger partial charge in [-0.1, -0.05) is 56.3 Å². The molecule has 184 valence electrons. The van der Waals surface area contributed by atoms with Crippen molar-refractivity contribution >= 4 is 12.6 Å². The van der Waals surface area contributed by atoms with Gasteiger partial charge in [0.2, 0.25) is 0 Å². The number of ether oxygens (including phenoxy) is 1. The van der Waals surface area contributed by atoms with Crippen LogP contribution in [0.2, 0.25) is 0 Å². The molecule has 1 heterocycles. The molecule has 5 rings (SSSR count). The highest BCUT2D eigenvalue weighted by molar-refractivity contribution is 5.95. The molecule has 0 radical (unpaired) electrons. The predicted octanol–water partition coefficient (Wildman–Crippen LogP) is 6.41. The second-order valence-corrected chi connectivity index (χ2v) is 11.6. The Balaban J connectivity index is 1.73. The molecule has 5 heteroatoms. The zero-order valence-electron chi connectivity index (χ0n) is 20.7. The molecule has 2 N–H and O–H groups in total. The first-order valence-corrected chi connectivity index (χ1v) is 12.6. The average molecular weight is 475 g/mol. The Hall–Kier alpha value is -3.08. The van der Waals surface area contributed by atoms with Crippen LogP contribution in [0.15, 0.2) is 42.5 Å². The van der Waals surface area contributed by atoms with E-state index in [1.165, 1.54) is 5.57 Å². The molecule has 1 aliphatic heterocycles. The first-order chi connectivity index (χ1) is 16.6. The van der Waals surface area contributed by atoms with Gasteiger partial charge in [-0.3, -0.25) is 9.59 Å². The highest BCUT2D eigenvalue weighted by atomic mass is 16.5. The summed E-state index contributed by atoms with van der Waals surface area (Å²) in [5.41, 5.74) is 1.95. The van der Waals surface area contributed by atoms with Gasteiger partial charge in [-0.15, -0.1) is 0 Å². The minimum atomic E-state index is -0.631. The molecular formula is C30H34O5. The second kappa shape index (κ2) is 8.25. The number of rotatable bonds is 3. The van der Waals surface area contributed by atoms with Crippen molar-refractivity contribution in [3.8, 4) is 17.2 Å². The number of aromatic hydroxyl groups is 2. The van der Waals surface area contributed by atoms with E-state index >= 15 is 0 Å². The first-order valence-electron chi connectivity index (χ1n) is 12.6. The minimum absolute atomic E-state index is 0.0239. The van der Waals surface area contributed by atoms with E-state index in [-0.39, 0.29) is 39.9 Å². The standard InChI is InChI=1S/C30H34O5/c1-17-10-11-23-24(18-8-6-5-7-9-18)25-27(34)20(15-31)26(33)21(16-32)28(25)35-30(23,4)13-12-22-19(17)14-29(22,2)3/h5-9,15-16,19,22-24,33-34H,1,10-14H2,2-4H3/t19-,22-,23-,24-,30+/m1/s1. The molecule has 3 aliphatic rings. The Morgan fingerprint density at radius 2 is 1.66 bits per heavy atom. The van der Waals surface area contributed by atoms with Gasteiger partial charge in [0.1, 0.15) is 22.8 Å². The van der Waals surface area contributed by atoms with E-state index < -0.39 is 11.4 Å². The molecule has 2 aromatic carbocycles. The van der Waals surface area contributed by atoms with Crippen molar-refractivity contribution in [2.45, 2.75) is 64.4 Å². The fourth-order valence-corrected chi connectivity index (χ4v) is 7.25. The number of phenols is 2. The summed E-state index contributed by atoms with van der Waals surface area (Å²) in [5, 5.41) is 21.9. The quantitative estimate of drug-likeness (QED) is 0.396. The Labute approximate surface area is 206 Å². The summed E-state index contributed by atoms with van der Waals surface area (Å²) < 4.78 is 6.66. The number of phenolic OH excluding ortho intramolecular Hbond substituents is 2. The van der Waals surface area contributed by atoms with Gasteiger partial charge in [-0.25, -0.2) is 0 Å². The van der Waals surface area contributed by atoms with Crippen LogP contribution in [-0.2, 0) is 0 Å². The van der Waals surface area contributed by atoms with Crippen LogP contribution >= 0.6 is 0 Å². The van der Waals surface area contributed by atoms with E-state index in [1.54, 1.807) is 0 Å². The van der Waals surface area contributed by atoms with E-state index in [1.807, 2.05) is 30.3 Å². The molecule has 2 aliphatic carbocycles. The van der Waals surface area contributed by atoms with Gasteiger partial charge in [0.15, 0.2) is 12.6 Å². The van der Waals surface area contributed by atoms with E-state index in [4.69, 9.17) is 4.74 Å². The zero-order valence-corrected chi connectivity index (χ0v) is 20.7. The van der Waals surface area contributed by atoms with Crippen molar-refractivity contribution in [3.05, 3.63) is 64.7 Å². The fraction of sp³-hybridized carbons (Fsp3) is 0.467. The number of hydrogen-bond acceptors (Lipinski definition) is 5. The Bertz CT molecular complexity index is 1200. The van der Waals surface area contributed by atoms with Gasteiger partial charge in [0, 0.05) is 17.4 Å². The van der Waals surface area contributed by atoms with Crippen LogP contribution in [0.3, 0.4) is 0 Å². The third-order valence-electron chi connectivity index (χ3n) is 9.23. The molecule has 5 atom stereocenters. The lowest BCUT2D eigenvalue weighted by atomic mass is 9.52. The van der Waals surface area contributed by atoms with Crippen molar-refractivity contribution in [3.63, 3.8) is 0 Å². The van der Waals surface area contributed by atoms with Gasteiger partial charge in [0.05, 0.1) is 11.1 Å². The fourth-order valence-electron chi connectivity index (χ4n) is 7.25. The monoisotopic (exact) mass is 474 g/mol. The topological polar surface area (TPSA) is 83.8 Å². The van der Waals surface area contributed by atoms with Crippen molar-refractivity contribution < 1.29 is 24.5 Å². The summed E-state index contributed by atoms with van der Waals surface area (Å²) >= 11 is 0. The number of fused-ring (bicyclic) bond motifs is 3. The van der Waals surface area contributed by atoms with Gasteiger partial charge in [0.25, 0.3) is 0 Å². The third-order valence-corrected chi connectivity index (χ3v) is 9.23. The minimum Gasteiger partial charge on any atom is -0.507 e. The second-order valence-electron chi connectivity index (χ2n) is 11.6. The van der Waals surface area contributed by atoms with Crippen molar-refractivity contribution in [1.29, 1.82) is 0 Å². The molecule has 2 fully saturated rings. The zero-order chi connectivity index (χ0) is 25.1. The normalized spacial score (nSPS) is 31.2. The summed E-state index contributed by atoms with van der Waals surface area (Å²) in [6.07, 6.45) is 5.50. The molecule has 2 aromatic rings. The number of benzene rings is 2. The van der Waals surface area contributed by atoms with Crippen LogP contribution in [0.1, 0.15) is 90.6 Å². The van der Waals surface area contributed by atoms with E-state index in [0.717, 1.165) is 37.7 Å². The summed E-state index contributed by atoms with van der Waals surface area (Å²) in [6, 6.07) is 9.89. The van der Waals surface area contributed by atoms with Crippen LogP contribution in [0, 0.1) is 23.2 Å². The van der Waals surface area contributed by atoms with E-state index in [0.29, 0.717) is 30.0 Å². The smallest absolute Gasteiger partial charge is 0.157 e. The number of hydrogen-bond donors (Lipinski definition) is 2. The lowest BCUT2D eigenvalue weighted by molar-refractivity contribution is -0.0395. The number of carbonyl (C=O) groups excluding carboxylic acids is 2. The van der Waals surface area contributed by atoms with E-state index in [2.05, 4.69) is 27.4 Å². The van der Waals surface area contributed by atoms with Gasteiger partial charge >= 0.3 is 0 Å². The lowest BCUT2D eigenvalue weighted by Gasteiger charge is -2.53. The average Bonchev–Trinajstić information content (AvgIpc) is 2.86. The summed E-state index contributed by atoms with van der Waals surface area (Å²) in [5.74, 6) is 0.0524. The third kappa shape index (κ3) is 3.50. The van der Waals surface area contributed by atoms with Crippen LogP contribution in [0.5, 0.6) is 17.2 Å². The summed E-state index contributed by atoms with van der Waals surface area (Å²) in [7, 11) is 0. The number of carbonyl (C=O) groups is 2.